The van der Waals surface area contributed by atoms with Gasteiger partial charge in [0, 0.05) is 44.3 Å². The van der Waals surface area contributed by atoms with E-state index < -0.39 is 6.10 Å². The summed E-state index contributed by atoms with van der Waals surface area (Å²) in [6.45, 7) is 0.948. The molecule has 0 radical (unpaired) electrons. The molecule has 1 aliphatic rings. The van der Waals surface area contributed by atoms with Gasteiger partial charge in [-0.2, -0.15) is 0 Å². The molecule has 126 valence electrons. The molecule has 1 saturated heterocycles. The number of carbonyl (C=O) groups excluding carboxylic acids is 1. The van der Waals surface area contributed by atoms with E-state index in [1.54, 1.807) is 35.8 Å². The quantitative estimate of drug-likeness (QED) is 0.847. The molecule has 1 fully saturated rings. The lowest BCUT2D eigenvalue weighted by Crippen LogP contribution is -2.51. The molecule has 2 N–H and O–H groups in total. The van der Waals surface area contributed by atoms with Gasteiger partial charge in [-0.05, 0) is 30.5 Å². The molecule has 0 aliphatic carbocycles. The van der Waals surface area contributed by atoms with Crippen LogP contribution in [0.25, 0.3) is 0 Å². The maximum Gasteiger partial charge on any atom is 0.222 e. The summed E-state index contributed by atoms with van der Waals surface area (Å²) in [5.41, 5.74) is 1.05. The van der Waals surface area contributed by atoms with Crippen LogP contribution in [0.5, 0.6) is 0 Å². The Morgan fingerprint density at radius 2 is 2.12 bits per heavy atom. The Morgan fingerprint density at radius 1 is 1.29 bits per heavy atom. The van der Waals surface area contributed by atoms with Gasteiger partial charge in [-0.15, -0.1) is 0 Å². The van der Waals surface area contributed by atoms with Gasteiger partial charge in [0.25, 0.3) is 0 Å². The minimum atomic E-state index is -0.634. The second-order valence-electron chi connectivity index (χ2n) is 5.88. The van der Waals surface area contributed by atoms with E-state index in [-0.39, 0.29) is 11.9 Å². The molecule has 3 heterocycles. The third-order valence-electron chi connectivity index (χ3n) is 4.17. The van der Waals surface area contributed by atoms with Crippen LogP contribution in [0.15, 0.2) is 43.0 Å². The SMILES string of the molecule is O=C(CCc1cccnc1)N1CC[C@@H](Nc2ncccn2)[C@H](O)C1. The predicted octanol–water partition coefficient (Wildman–Crippen LogP) is 0.878. The number of aliphatic hydroxyl groups excluding tert-OH is 1. The zero-order chi connectivity index (χ0) is 16.8. The lowest BCUT2D eigenvalue weighted by molar-refractivity contribution is -0.134. The van der Waals surface area contributed by atoms with Crippen molar-refractivity contribution in [1.29, 1.82) is 0 Å². The largest absolute Gasteiger partial charge is 0.389 e. The Bertz CT molecular complexity index is 653. The van der Waals surface area contributed by atoms with E-state index in [4.69, 9.17) is 0 Å². The summed E-state index contributed by atoms with van der Waals surface area (Å²) < 4.78 is 0. The zero-order valence-electron chi connectivity index (χ0n) is 13.4. The van der Waals surface area contributed by atoms with Gasteiger partial charge in [-0.25, -0.2) is 9.97 Å². The molecule has 2 aromatic rings. The first-order valence-electron chi connectivity index (χ1n) is 8.10. The zero-order valence-corrected chi connectivity index (χ0v) is 13.4. The summed E-state index contributed by atoms with van der Waals surface area (Å²) in [5.74, 6) is 0.560. The molecule has 0 unspecified atom stereocenters. The molecule has 3 rings (SSSR count). The van der Waals surface area contributed by atoms with Crippen LogP contribution in [0.2, 0.25) is 0 Å². The predicted molar refractivity (Wildman–Crippen MR) is 89.2 cm³/mol. The van der Waals surface area contributed by atoms with Gasteiger partial charge in [-0.3, -0.25) is 9.78 Å². The first-order valence-corrected chi connectivity index (χ1v) is 8.10. The number of rotatable bonds is 5. The third-order valence-corrected chi connectivity index (χ3v) is 4.17. The summed E-state index contributed by atoms with van der Waals surface area (Å²) >= 11 is 0. The summed E-state index contributed by atoms with van der Waals surface area (Å²) in [4.78, 5) is 26.3. The molecule has 2 atom stereocenters. The first-order chi connectivity index (χ1) is 11.7. The van der Waals surface area contributed by atoms with Gasteiger partial charge in [0.2, 0.25) is 11.9 Å². The number of hydrogen-bond acceptors (Lipinski definition) is 6. The lowest BCUT2D eigenvalue weighted by Gasteiger charge is -2.36. The topological polar surface area (TPSA) is 91.2 Å². The van der Waals surface area contributed by atoms with Crippen LogP contribution < -0.4 is 5.32 Å². The number of carbonyl (C=O) groups is 1. The number of nitrogens with zero attached hydrogens (tertiary/aromatic N) is 4. The monoisotopic (exact) mass is 327 g/mol. The van der Waals surface area contributed by atoms with Gasteiger partial charge >= 0.3 is 0 Å². The lowest BCUT2D eigenvalue weighted by atomic mass is 10.0. The molecule has 24 heavy (non-hydrogen) atoms. The van der Waals surface area contributed by atoms with Crippen molar-refractivity contribution in [1.82, 2.24) is 19.9 Å². The Labute approximate surface area is 140 Å². The van der Waals surface area contributed by atoms with E-state index in [0.717, 1.165) is 5.56 Å². The summed E-state index contributed by atoms with van der Waals surface area (Å²) in [5, 5.41) is 13.4. The van der Waals surface area contributed by atoms with E-state index in [0.29, 0.717) is 38.3 Å². The highest BCUT2D eigenvalue weighted by molar-refractivity contribution is 5.76. The van der Waals surface area contributed by atoms with E-state index in [1.165, 1.54) is 0 Å². The summed E-state index contributed by atoms with van der Waals surface area (Å²) in [6, 6.07) is 5.43. The molecular formula is C17H21N5O2. The van der Waals surface area contributed by atoms with Crippen molar-refractivity contribution in [2.75, 3.05) is 18.4 Å². The standard InChI is InChI=1S/C17H21N5O2/c23-15-12-22(16(24)5-4-13-3-1-7-18-11-13)10-6-14(15)21-17-19-8-2-9-20-17/h1-3,7-9,11,14-15,23H,4-6,10,12H2,(H,19,20,21)/t14-,15-/m1/s1. The number of likely N-dealkylation sites (tertiary alicyclic amines) is 1. The molecule has 7 nitrogen and oxygen atoms in total. The fraction of sp³-hybridized carbons (Fsp3) is 0.412. The molecule has 7 heteroatoms. The van der Waals surface area contributed by atoms with Crippen molar-refractivity contribution in [3.63, 3.8) is 0 Å². The van der Waals surface area contributed by atoms with Crippen LogP contribution in [0.1, 0.15) is 18.4 Å². The maximum atomic E-state index is 12.3. The molecule has 2 aromatic heterocycles. The Morgan fingerprint density at radius 3 is 2.83 bits per heavy atom. The second kappa shape index (κ2) is 7.83. The normalized spacial score (nSPS) is 20.6. The van der Waals surface area contributed by atoms with E-state index in [1.807, 2.05) is 12.1 Å². The highest BCUT2D eigenvalue weighted by Crippen LogP contribution is 2.16. The summed E-state index contributed by atoms with van der Waals surface area (Å²) in [7, 11) is 0. The van der Waals surface area contributed by atoms with E-state index in [9.17, 15) is 9.90 Å². The number of nitrogens with one attached hydrogen (secondary N) is 1. The van der Waals surface area contributed by atoms with Crippen molar-refractivity contribution in [2.24, 2.45) is 0 Å². The number of hydrogen-bond donors (Lipinski definition) is 2. The molecule has 1 aliphatic heterocycles. The van der Waals surface area contributed by atoms with Crippen molar-refractivity contribution in [3.8, 4) is 0 Å². The van der Waals surface area contributed by atoms with Gasteiger partial charge in [0.15, 0.2) is 0 Å². The minimum Gasteiger partial charge on any atom is -0.389 e. The third kappa shape index (κ3) is 4.26. The molecule has 0 bridgehead atoms. The summed E-state index contributed by atoms with van der Waals surface area (Å²) in [6.07, 6.45) is 7.92. The Balaban J connectivity index is 1.48. The van der Waals surface area contributed by atoms with Gasteiger partial charge in [-0.1, -0.05) is 6.07 Å². The Kier molecular flexibility index (Phi) is 5.32. The molecule has 0 aromatic carbocycles. The van der Waals surface area contributed by atoms with Gasteiger partial charge in [0.1, 0.15) is 0 Å². The molecular weight excluding hydrogens is 306 g/mol. The van der Waals surface area contributed by atoms with Crippen LogP contribution in [0.3, 0.4) is 0 Å². The van der Waals surface area contributed by atoms with Gasteiger partial charge < -0.3 is 15.3 Å². The number of amides is 1. The average Bonchev–Trinajstić information content (AvgIpc) is 2.63. The molecule has 0 spiro atoms. The molecule has 1 amide bonds. The fourth-order valence-corrected chi connectivity index (χ4v) is 2.82. The average molecular weight is 327 g/mol. The van der Waals surface area contributed by atoms with Crippen LogP contribution in [-0.2, 0) is 11.2 Å². The maximum absolute atomic E-state index is 12.3. The number of piperidine rings is 1. The Hall–Kier alpha value is -2.54. The fourth-order valence-electron chi connectivity index (χ4n) is 2.82. The van der Waals surface area contributed by atoms with E-state index in [2.05, 4.69) is 20.3 Å². The highest BCUT2D eigenvalue weighted by Gasteiger charge is 2.30. The first kappa shape index (κ1) is 16.3. The molecule has 0 saturated carbocycles. The number of pyridine rings is 1. The van der Waals surface area contributed by atoms with Crippen molar-refractivity contribution in [3.05, 3.63) is 48.5 Å². The highest BCUT2D eigenvalue weighted by atomic mass is 16.3. The smallest absolute Gasteiger partial charge is 0.222 e. The van der Waals surface area contributed by atoms with Crippen LogP contribution in [0.4, 0.5) is 5.95 Å². The van der Waals surface area contributed by atoms with Crippen molar-refractivity contribution in [2.45, 2.75) is 31.4 Å². The van der Waals surface area contributed by atoms with E-state index >= 15 is 0 Å². The van der Waals surface area contributed by atoms with Gasteiger partial charge in [0.05, 0.1) is 12.1 Å². The van der Waals surface area contributed by atoms with Crippen LogP contribution in [-0.4, -0.2) is 56.1 Å². The number of aryl methyl sites for hydroxylation is 1. The number of aromatic nitrogens is 3. The number of aliphatic hydroxyl groups is 1. The second-order valence-corrected chi connectivity index (χ2v) is 5.88. The van der Waals surface area contributed by atoms with Crippen molar-refractivity contribution >= 4 is 11.9 Å². The van der Waals surface area contributed by atoms with Crippen molar-refractivity contribution < 1.29 is 9.90 Å². The van der Waals surface area contributed by atoms with Crippen LogP contribution >= 0.6 is 0 Å². The minimum absolute atomic E-state index is 0.0623. The number of anilines is 1. The van der Waals surface area contributed by atoms with Crippen LogP contribution in [0, 0.1) is 0 Å². The number of β-amino-alcohol motifs (C(OH)–C–C–N with tert-alkyl or cyclic N) is 1.